The molecule has 11 heavy (non-hydrogen) atoms. The van der Waals surface area contributed by atoms with Crippen LogP contribution in [0.3, 0.4) is 0 Å². The lowest BCUT2D eigenvalue weighted by Crippen LogP contribution is -2.43. The molecule has 1 fully saturated rings. The minimum Gasteiger partial charge on any atom is -0.369 e. The zero-order valence-corrected chi connectivity index (χ0v) is 6.88. The van der Waals surface area contributed by atoms with Crippen LogP contribution in [0.15, 0.2) is 4.99 Å². The van der Waals surface area contributed by atoms with Crippen LogP contribution in [-0.2, 0) is 0 Å². The van der Waals surface area contributed by atoms with Crippen molar-refractivity contribution in [2.45, 2.75) is 44.3 Å². The monoisotopic (exact) mass is 153 g/mol. The standard InChI is InChI=1S/C8H15N3/c1-5-10-7-3-2-6(9)4-8(7)11-5/h6-8H,2-4,9H2,1H3,(H,10,11)/t6-,7?,8?/m0/s1. The molecule has 3 N–H and O–H groups in total. The molecule has 62 valence electrons. The van der Waals surface area contributed by atoms with E-state index in [1.807, 2.05) is 6.92 Å². The highest BCUT2D eigenvalue weighted by atomic mass is 15.1. The van der Waals surface area contributed by atoms with Crippen LogP contribution in [0.4, 0.5) is 0 Å². The average Bonchev–Trinajstić information content (AvgIpc) is 2.27. The van der Waals surface area contributed by atoms with E-state index in [9.17, 15) is 0 Å². The molecule has 3 heteroatoms. The molecule has 0 aromatic carbocycles. The lowest BCUT2D eigenvalue weighted by molar-refractivity contribution is 0.347. The van der Waals surface area contributed by atoms with Gasteiger partial charge < -0.3 is 11.1 Å². The first-order valence-electron chi connectivity index (χ1n) is 4.32. The molecule has 0 saturated heterocycles. The smallest absolute Gasteiger partial charge is 0.0938 e. The van der Waals surface area contributed by atoms with Crippen molar-refractivity contribution >= 4 is 5.84 Å². The van der Waals surface area contributed by atoms with Crippen LogP contribution < -0.4 is 11.1 Å². The molecule has 0 amide bonds. The highest BCUT2D eigenvalue weighted by Gasteiger charge is 2.32. The van der Waals surface area contributed by atoms with Gasteiger partial charge in [-0.15, -0.1) is 0 Å². The predicted molar refractivity (Wildman–Crippen MR) is 45.6 cm³/mol. The number of nitrogens with zero attached hydrogens (tertiary/aromatic N) is 1. The minimum atomic E-state index is 0.393. The number of nitrogens with one attached hydrogen (secondary N) is 1. The second kappa shape index (κ2) is 2.48. The molecule has 0 aromatic rings. The van der Waals surface area contributed by atoms with Crippen LogP contribution in [0.1, 0.15) is 26.2 Å². The molecule has 2 aliphatic rings. The Hall–Kier alpha value is -0.570. The summed E-state index contributed by atoms with van der Waals surface area (Å²) in [6, 6.07) is 1.46. The number of aliphatic imine (C=N–C) groups is 1. The summed E-state index contributed by atoms with van der Waals surface area (Å²) in [5.41, 5.74) is 5.85. The Morgan fingerprint density at radius 2 is 2.36 bits per heavy atom. The fourth-order valence-corrected chi connectivity index (χ4v) is 2.05. The molecular formula is C8H15N3. The van der Waals surface area contributed by atoms with E-state index < -0.39 is 0 Å². The fraction of sp³-hybridized carbons (Fsp3) is 0.875. The van der Waals surface area contributed by atoms with E-state index in [4.69, 9.17) is 5.73 Å². The molecule has 1 heterocycles. The van der Waals surface area contributed by atoms with Crippen LogP contribution >= 0.6 is 0 Å². The number of nitrogens with two attached hydrogens (primary N) is 1. The second-order valence-corrected chi connectivity index (χ2v) is 3.61. The zero-order chi connectivity index (χ0) is 7.84. The summed E-state index contributed by atoms with van der Waals surface area (Å²) in [6.07, 6.45) is 3.39. The van der Waals surface area contributed by atoms with Gasteiger partial charge in [0.2, 0.25) is 0 Å². The van der Waals surface area contributed by atoms with Gasteiger partial charge in [-0.2, -0.15) is 0 Å². The molecule has 0 spiro atoms. The number of fused-ring (bicyclic) bond motifs is 1. The Morgan fingerprint density at radius 3 is 3.18 bits per heavy atom. The van der Waals surface area contributed by atoms with Crippen LogP contribution in [0.2, 0.25) is 0 Å². The van der Waals surface area contributed by atoms with Gasteiger partial charge in [0.25, 0.3) is 0 Å². The summed E-state index contributed by atoms with van der Waals surface area (Å²) in [5, 5.41) is 3.36. The third kappa shape index (κ3) is 1.25. The molecule has 2 unspecified atom stereocenters. The molecule has 1 aliphatic carbocycles. The summed E-state index contributed by atoms with van der Waals surface area (Å²) in [7, 11) is 0. The van der Waals surface area contributed by atoms with E-state index in [1.165, 1.54) is 0 Å². The van der Waals surface area contributed by atoms with Crippen LogP contribution in [0.5, 0.6) is 0 Å². The van der Waals surface area contributed by atoms with Gasteiger partial charge in [0.15, 0.2) is 0 Å². The Labute approximate surface area is 67.1 Å². The Balaban J connectivity index is 2.03. The maximum Gasteiger partial charge on any atom is 0.0938 e. The third-order valence-electron chi connectivity index (χ3n) is 2.61. The quantitative estimate of drug-likeness (QED) is 0.524. The Kier molecular flexibility index (Phi) is 1.60. The summed E-state index contributed by atoms with van der Waals surface area (Å²) in [6.45, 7) is 2.03. The first kappa shape index (κ1) is 7.10. The topological polar surface area (TPSA) is 50.4 Å². The molecular weight excluding hydrogens is 138 g/mol. The second-order valence-electron chi connectivity index (χ2n) is 3.61. The van der Waals surface area contributed by atoms with Crippen molar-refractivity contribution in [3.8, 4) is 0 Å². The number of hydrogen-bond donors (Lipinski definition) is 2. The van der Waals surface area contributed by atoms with E-state index in [2.05, 4.69) is 10.3 Å². The van der Waals surface area contributed by atoms with Crippen molar-refractivity contribution in [3.05, 3.63) is 0 Å². The summed E-state index contributed by atoms with van der Waals surface area (Å²) in [5.74, 6) is 1.09. The molecule has 0 bridgehead atoms. The minimum absolute atomic E-state index is 0.393. The fourth-order valence-electron chi connectivity index (χ4n) is 2.05. The van der Waals surface area contributed by atoms with E-state index in [1.54, 1.807) is 0 Å². The largest absolute Gasteiger partial charge is 0.369 e. The van der Waals surface area contributed by atoms with Gasteiger partial charge in [-0.3, -0.25) is 4.99 Å². The van der Waals surface area contributed by atoms with Crippen molar-refractivity contribution in [3.63, 3.8) is 0 Å². The lowest BCUT2D eigenvalue weighted by atomic mass is 9.88. The van der Waals surface area contributed by atoms with Gasteiger partial charge in [-0.05, 0) is 26.2 Å². The van der Waals surface area contributed by atoms with Gasteiger partial charge >= 0.3 is 0 Å². The van der Waals surface area contributed by atoms with Crippen molar-refractivity contribution in [1.29, 1.82) is 0 Å². The number of rotatable bonds is 0. The van der Waals surface area contributed by atoms with E-state index in [-0.39, 0.29) is 0 Å². The van der Waals surface area contributed by atoms with Crippen LogP contribution in [-0.4, -0.2) is 24.0 Å². The molecule has 0 aromatic heterocycles. The Morgan fingerprint density at radius 1 is 1.55 bits per heavy atom. The van der Waals surface area contributed by atoms with E-state index in [0.717, 1.165) is 25.1 Å². The summed E-state index contributed by atoms with van der Waals surface area (Å²) in [4.78, 5) is 4.49. The van der Waals surface area contributed by atoms with Crippen LogP contribution in [0.25, 0.3) is 0 Å². The van der Waals surface area contributed by atoms with Gasteiger partial charge in [0, 0.05) is 6.04 Å². The van der Waals surface area contributed by atoms with Crippen molar-refractivity contribution < 1.29 is 0 Å². The maximum atomic E-state index is 5.85. The lowest BCUT2D eigenvalue weighted by Gasteiger charge is -2.28. The molecule has 3 nitrogen and oxygen atoms in total. The van der Waals surface area contributed by atoms with Crippen molar-refractivity contribution in [2.75, 3.05) is 0 Å². The molecule has 3 atom stereocenters. The maximum absolute atomic E-state index is 5.85. The first-order valence-corrected chi connectivity index (χ1v) is 4.32. The average molecular weight is 153 g/mol. The summed E-state index contributed by atoms with van der Waals surface area (Å²) >= 11 is 0. The molecule has 1 saturated carbocycles. The van der Waals surface area contributed by atoms with Gasteiger partial charge in [-0.25, -0.2) is 0 Å². The van der Waals surface area contributed by atoms with E-state index in [0.29, 0.717) is 18.1 Å². The van der Waals surface area contributed by atoms with E-state index >= 15 is 0 Å². The SMILES string of the molecule is CC1=NC2CC[C@H](N)CC2N1. The third-order valence-corrected chi connectivity index (χ3v) is 2.61. The summed E-state index contributed by atoms with van der Waals surface area (Å²) < 4.78 is 0. The number of hydrogen-bond acceptors (Lipinski definition) is 3. The van der Waals surface area contributed by atoms with Crippen molar-refractivity contribution in [1.82, 2.24) is 5.32 Å². The van der Waals surface area contributed by atoms with Gasteiger partial charge in [-0.1, -0.05) is 0 Å². The molecule has 1 aliphatic heterocycles. The predicted octanol–water partition coefficient (Wildman–Crippen LogP) is 0.256. The van der Waals surface area contributed by atoms with Crippen molar-refractivity contribution in [2.24, 2.45) is 10.7 Å². The molecule has 0 radical (unpaired) electrons. The zero-order valence-electron chi connectivity index (χ0n) is 6.88. The first-order chi connectivity index (χ1) is 5.25. The normalized spacial score (nSPS) is 42.7. The highest BCUT2D eigenvalue weighted by Crippen LogP contribution is 2.23. The van der Waals surface area contributed by atoms with Gasteiger partial charge in [0.05, 0.1) is 17.9 Å². The highest BCUT2D eigenvalue weighted by molar-refractivity contribution is 5.81. The van der Waals surface area contributed by atoms with Crippen LogP contribution in [0, 0.1) is 0 Å². The Bertz CT molecular complexity index is 188. The van der Waals surface area contributed by atoms with Gasteiger partial charge in [0.1, 0.15) is 0 Å². The number of amidine groups is 1. The molecule has 2 rings (SSSR count).